The lowest BCUT2D eigenvalue weighted by Crippen LogP contribution is -1.99. The van der Waals surface area contributed by atoms with Crippen molar-refractivity contribution in [2.24, 2.45) is 0 Å². The molecule has 0 radical (unpaired) electrons. The van der Waals surface area contributed by atoms with Gasteiger partial charge in [-0.1, -0.05) is 0 Å². The summed E-state index contributed by atoms with van der Waals surface area (Å²) >= 11 is 1.42. The minimum absolute atomic E-state index is 0.0411. The number of thiazole rings is 1. The Kier molecular flexibility index (Phi) is 6.05. The highest BCUT2D eigenvalue weighted by Gasteiger charge is 2.13. The molecule has 0 aliphatic rings. The maximum absolute atomic E-state index is 13.9. The van der Waals surface area contributed by atoms with Crippen LogP contribution >= 0.6 is 11.3 Å². The van der Waals surface area contributed by atoms with Gasteiger partial charge in [0.05, 0.1) is 30.4 Å². The maximum Gasteiger partial charge on any atom is 0.272 e. The quantitative estimate of drug-likeness (QED) is 0.394. The first-order valence-corrected chi connectivity index (χ1v) is 9.22. The van der Waals surface area contributed by atoms with E-state index in [-0.39, 0.29) is 18.0 Å². The van der Waals surface area contributed by atoms with Gasteiger partial charge >= 0.3 is 0 Å². The number of benzene rings is 2. The second kappa shape index (κ2) is 8.66. The van der Waals surface area contributed by atoms with E-state index in [1.165, 1.54) is 23.5 Å². The molecule has 0 bridgehead atoms. The third-order valence-electron chi connectivity index (χ3n) is 3.76. The summed E-state index contributed by atoms with van der Waals surface area (Å²) in [6, 6.07) is 8.79. The maximum atomic E-state index is 13.9. The fourth-order valence-corrected chi connectivity index (χ4v) is 3.25. The van der Waals surface area contributed by atoms with Crippen molar-refractivity contribution in [3.63, 3.8) is 0 Å². The number of hydrogen-bond donors (Lipinski definition) is 0. The number of nitro groups is 1. The van der Waals surface area contributed by atoms with Crippen LogP contribution in [0.2, 0.25) is 0 Å². The van der Waals surface area contributed by atoms with Crippen molar-refractivity contribution < 1.29 is 23.5 Å². The lowest BCUT2D eigenvalue weighted by Gasteiger charge is -2.10. The summed E-state index contributed by atoms with van der Waals surface area (Å²) in [5.41, 5.74) is 1.15. The molecule has 0 N–H and O–H groups in total. The number of nitrogens with zero attached hydrogens (tertiary/aromatic N) is 2. The standard InChI is InChI=1S/C19H17FN2O5S/c1-3-26-17-6-4-12(8-18(17)25-2)19-21-13(11-28-19)10-27-16-7-5-14(22(23)24)9-15(16)20/h4-9,11H,3,10H2,1-2H3. The number of methoxy groups -OCH3 is 1. The normalized spacial score (nSPS) is 10.5. The molecular weight excluding hydrogens is 387 g/mol. The molecule has 0 saturated carbocycles. The smallest absolute Gasteiger partial charge is 0.272 e. The third-order valence-corrected chi connectivity index (χ3v) is 4.70. The summed E-state index contributed by atoms with van der Waals surface area (Å²) in [5, 5.41) is 13.2. The van der Waals surface area contributed by atoms with Gasteiger partial charge in [-0.15, -0.1) is 11.3 Å². The molecule has 0 saturated heterocycles. The van der Waals surface area contributed by atoms with Gasteiger partial charge in [0, 0.05) is 17.0 Å². The molecular formula is C19H17FN2O5S. The predicted octanol–water partition coefficient (Wildman–Crippen LogP) is 4.84. The Morgan fingerprint density at radius 2 is 1.93 bits per heavy atom. The Balaban J connectivity index is 1.72. The highest BCUT2D eigenvalue weighted by atomic mass is 32.1. The van der Waals surface area contributed by atoms with Gasteiger partial charge in [-0.3, -0.25) is 10.1 Å². The Morgan fingerprint density at radius 3 is 2.61 bits per heavy atom. The first-order chi connectivity index (χ1) is 13.5. The minimum atomic E-state index is -0.791. The summed E-state index contributed by atoms with van der Waals surface area (Å²) in [4.78, 5) is 14.5. The topological polar surface area (TPSA) is 83.7 Å². The van der Waals surface area contributed by atoms with Gasteiger partial charge in [-0.2, -0.15) is 0 Å². The molecule has 0 atom stereocenters. The van der Waals surface area contributed by atoms with Crippen molar-refractivity contribution in [2.45, 2.75) is 13.5 Å². The van der Waals surface area contributed by atoms with Gasteiger partial charge < -0.3 is 14.2 Å². The zero-order chi connectivity index (χ0) is 20.1. The number of non-ortho nitro benzene ring substituents is 1. The molecule has 1 aromatic heterocycles. The number of halogens is 1. The average molecular weight is 404 g/mol. The molecule has 28 heavy (non-hydrogen) atoms. The van der Waals surface area contributed by atoms with Crippen LogP contribution in [0, 0.1) is 15.9 Å². The van der Waals surface area contributed by atoms with Crippen molar-refractivity contribution in [3.8, 4) is 27.8 Å². The van der Waals surface area contributed by atoms with Crippen LogP contribution in [-0.4, -0.2) is 23.6 Å². The van der Waals surface area contributed by atoms with E-state index in [2.05, 4.69) is 4.98 Å². The number of nitro benzene ring substituents is 1. The highest BCUT2D eigenvalue weighted by Crippen LogP contribution is 2.34. The van der Waals surface area contributed by atoms with E-state index in [1.807, 2.05) is 30.5 Å². The average Bonchev–Trinajstić information content (AvgIpc) is 3.16. The van der Waals surface area contributed by atoms with Gasteiger partial charge in [-0.25, -0.2) is 9.37 Å². The van der Waals surface area contributed by atoms with Crippen molar-refractivity contribution in [1.82, 2.24) is 4.98 Å². The summed E-state index contributed by atoms with van der Waals surface area (Å²) in [6.07, 6.45) is 0. The molecule has 7 nitrogen and oxygen atoms in total. The minimum Gasteiger partial charge on any atom is -0.493 e. The van der Waals surface area contributed by atoms with Gasteiger partial charge in [0.15, 0.2) is 23.1 Å². The van der Waals surface area contributed by atoms with Crippen LogP contribution < -0.4 is 14.2 Å². The van der Waals surface area contributed by atoms with E-state index >= 15 is 0 Å². The molecule has 0 unspecified atom stereocenters. The monoisotopic (exact) mass is 404 g/mol. The molecule has 9 heteroatoms. The summed E-state index contributed by atoms with van der Waals surface area (Å²) < 4.78 is 30.2. The number of hydrogen-bond acceptors (Lipinski definition) is 7. The largest absolute Gasteiger partial charge is 0.493 e. The van der Waals surface area contributed by atoms with Gasteiger partial charge in [-0.05, 0) is 31.2 Å². The molecule has 0 amide bonds. The van der Waals surface area contributed by atoms with Crippen LogP contribution in [-0.2, 0) is 6.61 Å². The summed E-state index contributed by atoms with van der Waals surface area (Å²) in [7, 11) is 1.57. The fraction of sp³-hybridized carbons (Fsp3) is 0.211. The third kappa shape index (κ3) is 4.37. The molecule has 0 aliphatic carbocycles. The van der Waals surface area contributed by atoms with E-state index in [9.17, 15) is 14.5 Å². The lowest BCUT2D eigenvalue weighted by atomic mass is 10.2. The molecule has 2 aromatic carbocycles. The van der Waals surface area contributed by atoms with Crippen molar-refractivity contribution in [3.05, 3.63) is 63.4 Å². The number of aromatic nitrogens is 1. The predicted molar refractivity (Wildman–Crippen MR) is 103 cm³/mol. The van der Waals surface area contributed by atoms with Gasteiger partial charge in [0.2, 0.25) is 0 Å². The zero-order valence-electron chi connectivity index (χ0n) is 15.2. The molecule has 0 aliphatic heterocycles. The van der Waals surface area contributed by atoms with E-state index in [0.29, 0.717) is 23.8 Å². The number of ether oxygens (including phenoxy) is 3. The van der Waals surface area contributed by atoms with Gasteiger partial charge in [0.1, 0.15) is 11.6 Å². The van der Waals surface area contributed by atoms with Crippen LogP contribution in [0.15, 0.2) is 41.8 Å². The Hall–Kier alpha value is -3.20. The van der Waals surface area contributed by atoms with Crippen molar-refractivity contribution >= 4 is 17.0 Å². The molecule has 146 valence electrons. The van der Waals surface area contributed by atoms with E-state index in [0.717, 1.165) is 16.6 Å². The Morgan fingerprint density at radius 1 is 1.14 bits per heavy atom. The molecule has 0 fully saturated rings. The van der Waals surface area contributed by atoms with E-state index in [4.69, 9.17) is 14.2 Å². The Labute approximate surface area is 164 Å². The molecule has 1 heterocycles. The molecule has 3 rings (SSSR count). The van der Waals surface area contributed by atoms with Crippen LogP contribution in [0.5, 0.6) is 17.2 Å². The van der Waals surface area contributed by atoms with Crippen LogP contribution in [0.4, 0.5) is 10.1 Å². The van der Waals surface area contributed by atoms with Gasteiger partial charge in [0.25, 0.3) is 5.69 Å². The second-order valence-corrected chi connectivity index (χ2v) is 6.46. The molecule has 0 spiro atoms. The van der Waals surface area contributed by atoms with Crippen LogP contribution in [0.1, 0.15) is 12.6 Å². The molecule has 3 aromatic rings. The summed E-state index contributed by atoms with van der Waals surface area (Å²) in [5.74, 6) is 0.409. The lowest BCUT2D eigenvalue weighted by molar-refractivity contribution is -0.385. The first kappa shape index (κ1) is 19.6. The van der Waals surface area contributed by atoms with E-state index < -0.39 is 10.7 Å². The van der Waals surface area contributed by atoms with Crippen LogP contribution in [0.25, 0.3) is 10.6 Å². The van der Waals surface area contributed by atoms with E-state index in [1.54, 1.807) is 7.11 Å². The summed E-state index contributed by atoms with van der Waals surface area (Å²) in [6.45, 7) is 2.47. The van der Waals surface area contributed by atoms with Crippen molar-refractivity contribution in [2.75, 3.05) is 13.7 Å². The first-order valence-electron chi connectivity index (χ1n) is 8.34. The Bertz CT molecular complexity index is 992. The second-order valence-electron chi connectivity index (χ2n) is 5.60. The zero-order valence-corrected chi connectivity index (χ0v) is 16.0. The number of rotatable bonds is 8. The SMILES string of the molecule is CCOc1ccc(-c2nc(COc3ccc([N+](=O)[O-])cc3F)cs2)cc1OC. The van der Waals surface area contributed by atoms with Crippen molar-refractivity contribution in [1.29, 1.82) is 0 Å². The highest BCUT2D eigenvalue weighted by molar-refractivity contribution is 7.13. The fourth-order valence-electron chi connectivity index (χ4n) is 2.45. The van der Waals surface area contributed by atoms with Crippen LogP contribution in [0.3, 0.4) is 0 Å².